The standard InChI is InChI=1S/C22H20O6/c1-14-17(27-13-23)12-18(28-22(26)16-10-6-3-7-11-16)19(14)21(25)20(24)15-8-4-2-5-9-15/h2-11,13,17-19,21,25H,1,12H2/t17-,18+,19+,21?/m1/s1. The minimum atomic E-state index is -1.48. The Morgan fingerprint density at radius 1 is 1.04 bits per heavy atom. The summed E-state index contributed by atoms with van der Waals surface area (Å²) in [6, 6.07) is 16.7. The monoisotopic (exact) mass is 380 g/mol. The molecule has 1 unspecified atom stereocenters. The first-order valence-electron chi connectivity index (χ1n) is 8.84. The summed E-state index contributed by atoms with van der Waals surface area (Å²) in [5, 5.41) is 10.7. The predicted molar refractivity (Wildman–Crippen MR) is 101 cm³/mol. The molecule has 0 amide bonds. The van der Waals surface area contributed by atoms with Crippen LogP contribution in [0, 0.1) is 5.92 Å². The molecule has 1 N–H and O–H groups in total. The zero-order chi connectivity index (χ0) is 20.1. The predicted octanol–water partition coefficient (Wildman–Crippen LogP) is 2.57. The fourth-order valence-corrected chi connectivity index (χ4v) is 3.42. The maximum atomic E-state index is 12.7. The van der Waals surface area contributed by atoms with Crippen LogP contribution in [-0.4, -0.2) is 41.6 Å². The van der Waals surface area contributed by atoms with Crippen molar-refractivity contribution in [2.24, 2.45) is 5.92 Å². The first kappa shape index (κ1) is 19.5. The Kier molecular flexibility index (Phi) is 6.01. The van der Waals surface area contributed by atoms with E-state index in [-0.39, 0.29) is 12.9 Å². The molecule has 0 heterocycles. The van der Waals surface area contributed by atoms with Gasteiger partial charge in [-0.3, -0.25) is 9.59 Å². The SMILES string of the molecule is C=C1[C@H](C(O)C(=O)c2ccccc2)[C@@H](OC(=O)c2ccccc2)C[C@H]1OC=O. The normalized spacial score (nSPS) is 22.3. The summed E-state index contributed by atoms with van der Waals surface area (Å²) in [4.78, 5) is 35.9. The highest BCUT2D eigenvalue weighted by atomic mass is 16.6. The minimum Gasteiger partial charge on any atom is -0.460 e. The van der Waals surface area contributed by atoms with Crippen molar-refractivity contribution in [1.82, 2.24) is 0 Å². The van der Waals surface area contributed by atoms with E-state index in [9.17, 15) is 19.5 Å². The van der Waals surface area contributed by atoms with Gasteiger partial charge >= 0.3 is 5.97 Å². The highest BCUT2D eigenvalue weighted by Gasteiger charge is 2.47. The third kappa shape index (κ3) is 4.02. The van der Waals surface area contributed by atoms with Crippen LogP contribution in [0.5, 0.6) is 0 Å². The molecule has 2 aromatic rings. The lowest BCUT2D eigenvalue weighted by Gasteiger charge is -2.24. The number of aliphatic hydroxyl groups is 1. The topological polar surface area (TPSA) is 89.9 Å². The summed E-state index contributed by atoms with van der Waals surface area (Å²) in [6.45, 7) is 4.15. The van der Waals surface area contributed by atoms with Gasteiger partial charge in [-0.05, 0) is 17.7 Å². The second kappa shape index (κ2) is 8.63. The fraction of sp³-hybridized carbons (Fsp3) is 0.227. The molecule has 0 bridgehead atoms. The molecule has 0 spiro atoms. The molecule has 1 saturated carbocycles. The number of benzene rings is 2. The molecule has 3 rings (SSSR count). The molecule has 1 aliphatic carbocycles. The summed E-state index contributed by atoms with van der Waals surface area (Å²) in [6.07, 6.45) is -2.95. The van der Waals surface area contributed by atoms with Gasteiger partial charge in [0.25, 0.3) is 6.47 Å². The maximum absolute atomic E-state index is 12.7. The van der Waals surface area contributed by atoms with Crippen LogP contribution in [0.4, 0.5) is 0 Å². The highest BCUT2D eigenvalue weighted by molar-refractivity contribution is 6.00. The highest BCUT2D eigenvalue weighted by Crippen LogP contribution is 2.38. The number of Topliss-reactive ketones (excluding diaryl/α,β-unsaturated/α-hetero) is 1. The van der Waals surface area contributed by atoms with Gasteiger partial charge in [0.2, 0.25) is 0 Å². The maximum Gasteiger partial charge on any atom is 0.338 e. The molecule has 0 saturated heterocycles. The van der Waals surface area contributed by atoms with Crippen molar-refractivity contribution in [1.29, 1.82) is 0 Å². The average molecular weight is 380 g/mol. The summed E-state index contributed by atoms with van der Waals surface area (Å²) in [5.74, 6) is -1.99. The number of carbonyl (C=O) groups is 3. The largest absolute Gasteiger partial charge is 0.460 e. The number of hydrogen-bond acceptors (Lipinski definition) is 6. The van der Waals surface area contributed by atoms with Gasteiger partial charge < -0.3 is 14.6 Å². The van der Waals surface area contributed by atoms with E-state index in [0.717, 1.165) is 0 Å². The molecule has 6 heteroatoms. The average Bonchev–Trinajstić information content (AvgIpc) is 3.03. The Morgan fingerprint density at radius 3 is 2.18 bits per heavy atom. The van der Waals surface area contributed by atoms with Gasteiger partial charge in [0.15, 0.2) is 5.78 Å². The number of ether oxygens (including phenoxy) is 2. The molecular formula is C22H20O6. The third-order valence-electron chi connectivity index (χ3n) is 4.84. The second-order valence-corrected chi connectivity index (χ2v) is 6.54. The van der Waals surface area contributed by atoms with Crippen molar-refractivity contribution in [3.05, 3.63) is 83.9 Å². The summed E-state index contributed by atoms with van der Waals surface area (Å²) >= 11 is 0. The number of hydrogen-bond donors (Lipinski definition) is 1. The number of carbonyl (C=O) groups excluding carboxylic acids is 3. The molecule has 0 aromatic heterocycles. The Balaban J connectivity index is 1.84. The molecule has 2 aromatic carbocycles. The van der Waals surface area contributed by atoms with Gasteiger partial charge in [-0.25, -0.2) is 4.79 Å². The quantitative estimate of drug-likeness (QED) is 0.344. The lowest BCUT2D eigenvalue weighted by atomic mass is 9.89. The fourth-order valence-electron chi connectivity index (χ4n) is 3.42. The van der Waals surface area contributed by atoms with E-state index in [1.54, 1.807) is 60.7 Å². The summed E-state index contributed by atoms with van der Waals surface area (Å²) in [5.41, 5.74) is 1.01. The van der Waals surface area contributed by atoms with E-state index in [1.807, 2.05) is 0 Å². The first-order chi connectivity index (χ1) is 13.5. The van der Waals surface area contributed by atoms with Crippen molar-refractivity contribution in [2.75, 3.05) is 0 Å². The van der Waals surface area contributed by atoms with Crippen LogP contribution in [0.15, 0.2) is 72.8 Å². The van der Waals surface area contributed by atoms with Gasteiger partial charge in [-0.1, -0.05) is 55.1 Å². The third-order valence-corrected chi connectivity index (χ3v) is 4.84. The van der Waals surface area contributed by atoms with Gasteiger partial charge in [-0.15, -0.1) is 0 Å². The molecular weight excluding hydrogens is 360 g/mol. The van der Waals surface area contributed by atoms with E-state index < -0.39 is 36.0 Å². The molecule has 4 atom stereocenters. The second-order valence-electron chi connectivity index (χ2n) is 6.54. The van der Waals surface area contributed by atoms with E-state index in [0.29, 0.717) is 16.7 Å². The molecule has 0 aliphatic heterocycles. The zero-order valence-electron chi connectivity index (χ0n) is 15.1. The Morgan fingerprint density at radius 2 is 1.61 bits per heavy atom. The molecule has 28 heavy (non-hydrogen) atoms. The van der Waals surface area contributed by atoms with E-state index in [2.05, 4.69) is 6.58 Å². The van der Waals surface area contributed by atoms with Crippen LogP contribution < -0.4 is 0 Å². The lowest BCUT2D eigenvalue weighted by molar-refractivity contribution is -0.132. The first-order valence-corrected chi connectivity index (χ1v) is 8.84. The van der Waals surface area contributed by atoms with Crippen molar-refractivity contribution in [3.8, 4) is 0 Å². The van der Waals surface area contributed by atoms with E-state index in [1.165, 1.54) is 0 Å². The van der Waals surface area contributed by atoms with Gasteiger partial charge in [0, 0.05) is 12.0 Å². The minimum absolute atomic E-state index is 0.125. The number of esters is 1. The van der Waals surface area contributed by atoms with Gasteiger partial charge in [-0.2, -0.15) is 0 Å². The van der Waals surface area contributed by atoms with Crippen molar-refractivity contribution < 1.29 is 29.0 Å². The van der Waals surface area contributed by atoms with Crippen LogP contribution in [0.3, 0.4) is 0 Å². The Labute approximate surface area is 162 Å². The number of aliphatic hydroxyl groups excluding tert-OH is 1. The summed E-state index contributed by atoms with van der Waals surface area (Å²) in [7, 11) is 0. The molecule has 6 nitrogen and oxygen atoms in total. The van der Waals surface area contributed by atoms with Gasteiger partial charge in [0.1, 0.15) is 18.3 Å². The van der Waals surface area contributed by atoms with E-state index in [4.69, 9.17) is 9.47 Å². The molecule has 1 fully saturated rings. The number of rotatable bonds is 7. The molecule has 0 radical (unpaired) electrons. The van der Waals surface area contributed by atoms with Crippen LogP contribution in [0.2, 0.25) is 0 Å². The van der Waals surface area contributed by atoms with Gasteiger partial charge in [0.05, 0.1) is 11.5 Å². The van der Waals surface area contributed by atoms with Crippen LogP contribution in [0.25, 0.3) is 0 Å². The molecule has 144 valence electrons. The van der Waals surface area contributed by atoms with Crippen molar-refractivity contribution in [2.45, 2.75) is 24.7 Å². The van der Waals surface area contributed by atoms with Crippen LogP contribution >= 0.6 is 0 Å². The number of ketones is 1. The van der Waals surface area contributed by atoms with Crippen molar-refractivity contribution >= 4 is 18.2 Å². The molecule has 1 aliphatic rings. The van der Waals surface area contributed by atoms with E-state index >= 15 is 0 Å². The smallest absolute Gasteiger partial charge is 0.338 e. The Bertz CT molecular complexity index is 861. The lowest BCUT2D eigenvalue weighted by Crippen LogP contribution is -2.37. The zero-order valence-corrected chi connectivity index (χ0v) is 15.1. The van der Waals surface area contributed by atoms with Crippen LogP contribution in [-0.2, 0) is 14.3 Å². The van der Waals surface area contributed by atoms with Crippen LogP contribution in [0.1, 0.15) is 27.1 Å². The Hall–Kier alpha value is -3.25. The van der Waals surface area contributed by atoms with Crippen molar-refractivity contribution in [3.63, 3.8) is 0 Å². The summed E-state index contributed by atoms with van der Waals surface area (Å²) < 4.78 is 10.6.